The molecule has 0 saturated carbocycles. The molecule has 0 aliphatic carbocycles. The summed E-state index contributed by atoms with van der Waals surface area (Å²) in [7, 11) is 0. The number of anilines is 1. The molecule has 8 heteroatoms. The lowest BCUT2D eigenvalue weighted by molar-refractivity contribution is -0.120. The lowest BCUT2D eigenvalue weighted by atomic mass is 9.92. The Balaban J connectivity index is 1.94. The predicted octanol–water partition coefficient (Wildman–Crippen LogP) is 2.93. The van der Waals surface area contributed by atoms with Gasteiger partial charge in [-0.2, -0.15) is 5.26 Å². The maximum Gasteiger partial charge on any atom is 0.217 e. The minimum atomic E-state index is -1.20. The third-order valence-electron chi connectivity index (χ3n) is 5.31. The number of nitrogens with two attached hydrogens (primary N) is 1. The Labute approximate surface area is 191 Å². The van der Waals surface area contributed by atoms with Crippen LogP contribution in [0.5, 0.6) is 0 Å². The zero-order chi connectivity index (χ0) is 23.8. The first-order valence-corrected chi connectivity index (χ1v) is 10.5. The van der Waals surface area contributed by atoms with Crippen LogP contribution in [0.25, 0.3) is 11.3 Å². The van der Waals surface area contributed by atoms with Crippen LogP contribution in [0.2, 0.25) is 0 Å². The molecule has 1 heterocycles. The van der Waals surface area contributed by atoms with E-state index in [1.807, 2.05) is 6.07 Å². The fourth-order valence-electron chi connectivity index (χ4n) is 3.61. The van der Waals surface area contributed by atoms with Crippen molar-refractivity contribution in [1.29, 1.82) is 5.26 Å². The Morgan fingerprint density at radius 2 is 1.97 bits per heavy atom. The van der Waals surface area contributed by atoms with E-state index in [9.17, 15) is 24.7 Å². The second kappa shape index (κ2) is 11.2. The number of nitrogens with zero attached hydrogens (tertiary/aromatic N) is 2. The van der Waals surface area contributed by atoms with Crippen molar-refractivity contribution in [2.24, 2.45) is 11.7 Å². The minimum absolute atomic E-state index is 0.195. The Bertz CT molecular complexity index is 1160. The second-order valence-corrected chi connectivity index (χ2v) is 7.66. The van der Waals surface area contributed by atoms with Gasteiger partial charge in [-0.05, 0) is 36.2 Å². The van der Waals surface area contributed by atoms with Crippen LogP contribution in [0.15, 0.2) is 60.7 Å². The van der Waals surface area contributed by atoms with Gasteiger partial charge in [0.1, 0.15) is 11.6 Å². The zero-order valence-corrected chi connectivity index (χ0v) is 17.9. The number of nitriles is 1. The summed E-state index contributed by atoms with van der Waals surface area (Å²) in [5.74, 6) is -1.42. The van der Waals surface area contributed by atoms with E-state index in [0.717, 1.165) is 5.56 Å². The summed E-state index contributed by atoms with van der Waals surface area (Å²) in [4.78, 5) is 16.0. The fourth-order valence-corrected chi connectivity index (χ4v) is 3.61. The van der Waals surface area contributed by atoms with Gasteiger partial charge in [-0.15, -0.1) is 0 Å². The molecule has 5 N–H and O–H groups in total. The molecule has 2 unspecified atom stereocenters. The van der Waals surface area contributed by atoms with Gasteiger partial charge in [-0.25, -0.2) is 9.37 Å². The molecule has 2 atom stereocenters. The van der Waals surface area contributed by atoms with E-state index < -0.39 is 24.5 Å². The van der Waals surface area contributed by atoms with E-state index in [1.54, 1.807) is 42.5 Å². The summed E-state index contributed by atoms with van der Waals surface area (Å²) in [5, 5.41) is 33.1. The Morgan fingerprint density at radius 1 is 1.18 bits per heavy atom. The molecular formula is C25H25FN4O3. The Kier molecular flexibility index (Phi) is 8.08. The molecule has 7 nitrogen and oxygen atoms in total. The highest BCUT2D eigenvalue weighted by molar-refractivity contribution is 5.74. The maximum atomic E-state index is 13.5. The van der Waals surface area contributed by atoms with E-state index in [1.165, 1.54) is 12.1 Å². The van der Waals surface area contributed by atoms with Gasteiger partial charge >= 0.3 is 0 Å². The predicted molar refractivity (Wildman–Crippen MR) is 122 cm³/mol. The highest BCUT2D eigenvalue weighted by Gasteiger charge is 2.25. The molecule has 0 radical (unpaired) electrons. The lowest BCUT2D eigenvalue weighted by Crippen LogP contribution is -2.25. The molecular weight excluding hydrogens is 423 g/mol. The standard InChI is InChI=1S/C25H25FN4O3/c26-19-6-3-4-16(12-19)10-11-29-25-21(24(33)18(15-31)13-23(28)32)8-9-22(30-25)20-7-2-1-5-17(20)14-27/h1-9,12,18,24,31,33H,10-11,13,15H2,(H2,28,32)(H,29,30). The van der Waals surface area contributed by atoms with Crippen LogP contribution < -0.4 is 11.1 Å². The van der Waals surface area contributed by atoms with Crippen LogP contribution in [-0.4, -0.2) is 34.3 Å². The molecule has 33 heavy (non-hydrogen) atoms. The summed E-state index contributed by atoms with van der Waals surface area (Å²) in [5.41, 5.74) is 8.03. The summed E-state index contributed by atoms with van der Waals surface area (Å²) < 4.78 is 13.5. The molecule has 0 fully saturated rings. The number of aromatic nitrogens is 1. The number of benzene rings is 2. The molecule has 0 aliphatic rings. The fraction of sp³-hybridized carbons (Fsp3) is 0.240. The Morgan fingerprint density at radius 3 is 2.67 bits per heavy atom. The number of pyridine rings is 1. The molecule has 0 saturated heterocycles. The molecule has 3 aromatic rings. The highest BCUT2D eigenvalue weighted by Crippen LogP contribution is 2.32. The lowest BCUT2D eigenvalue weighted by Gasteiger charge is -2.23. The van der Waals surface area contributed by atoms with E-state index in [2.05, 4.69) is 16.4 Å². The van der Waals surface area contributed by atoms with Crippen molar-refractivity contribution in [2.75, 3.05) is 18.5 Å². The quantitative estimate of drug-likeness (QED) is 0.377. The summed E-state index contributed by atoms with van der Waals surface area (Å²) in [6, 6.07) is 18.7. The van der Waals surface area contributed by atoms with Gasteiger partial charge < -0.3 is 21.3 Å². The van der Waals surface area contributed by atoms with Gasteiger partial charge in [0, 0.05) is 36.6 Å². The summed E-state index contributed by atoms with van der Waals surface area (Å²) >= 11 is 0. The third kappa shape index (κ3) is 6.13. The van der Waals surface area contributed by atoms with Crippen LogP contribution in [0.4, 0.5) is 10.2 Å². The van der Waals surface area contributed by atoms with Gasteiger partial charge in [-0.3, -0.25) is 4.79 Å². The zero-order valence-electron chi connectivity index (χ0n) is 17.9. The first kappa shape index (κ1) is 23.9. The van der Waals surface area contributed by atoms with E-state index in [4.69, 9.17) is 5.73 Å². The van der Waals surface area contributed by atoms with Crippen molar-refractivity contribution >= 4 is 11.7 Å². The molecule has 3 rings (SSSR count). The van der Waals surface area contributed by atoms with Crippen molar-refractivity contribution < 1.29 is 19.4 Å². The monoisotopic (exact) mass is 448 g/mol. The van der Waals surface area contributed by atoms with E-state index >= 15 is 0 Å². The number of halogens is 1. The van der Waals surface area contributed by atoms with Gasteiger partial charge in [0.15, 0.2) is 0 Å². The average Bonchev–Trinajstić information content (AvgIpc) is 2.82. The molecule has 170 valence electrons. The van der Waals surface area contributed by atoms with Crippen LogP contribution >= 0.6 is 0 Å². The number of primary amides is 1. The molecule has 0 spiro atoms. The molecule has 0 bridgehead atoms. The minimum Gasteiger partial charge on any atom is -0.396 e. The maximum absolute atomic E-state index is 13.5. The summed E-state index contributed by atoms with van der Waals surface area (Å²) in [6.07, 6.45) is -0.898. The number of aliphatic hydroxyl groups excluding tert-OH is 2. The number of rotatable bonds is 10. The van der Waals surface area contributed by atoms with Crippen molar-refractivity contribution in [3.63, 3.8) is 0 Å². The van der Waals surface area contributed by atoms with Gasteiger partial charge in [0.2, 0.25) is 5.91 Å². The Hall–Kier alpha value is -3.80. The van der Waals surface area contributed by atoms with Crippen molar-refractivity contribution in [1.82, 2.24) is 4.98 Å². The number of carbonyl (C=O) groups is 1. The third-order valence-corrected chi connectivity index (χ3v) is 5.31. The largest absolute Gasteiger partial charge is 0.396 e. The van der Waals surface area contributed by atoms with Crippen LogP contribution in [0.3, 0.4) is 0 Å². The van der Waals surface area contributed by atoms with E-state index in [-0.39, 0.29) is 12.2 Å². The van der Waals surface area contributed by atoms with Crippen LogP contribution in [0.1, 0.15) is 29.2 Å². The molecule has 2 aromatic carbocycles. The number of nitrogens with one attached hydrogen (secondary N) is 1. The number of hydrogen-bond acceptors (Lipinski definition) is 6. The number of aliphatic hydroxyl groups is 2. The number of amides is 1. The molecule has 0 aliphatic heterocycles. The average molecular weight is 448 g/mol. The first-order valence-electron chi connectivity index (χ1n) is 10.5. The van der Waals surface area contributed by atoms with Gasteiger partial charge in [-0.1, -0.05) is 36.4 Å². The van der Waals surface area contributed by atoms with Crippen molar-refractivity contribution in [3.05, 3.63) is 83.2 Å². The SMILES string of the molecule is N#Cc1ccccc1-c1ccc(C(O)C(CO)CC(N)=O)c(NCCc2cccc(F)c2)n1. The van der Waals surface area contributed by atoms with Crippen molar-refractivity contribution in [2.45, 2.75) is 18.9 Å². The number of hydrogen-bond donors (Lipinski definition) is 4. The molecule has 1 amide bonds. The smallest absolute Gasteiger partial charge is 0.217 e. The highest BCUT2D eigenvalue weighted by atomic mass is 19.1. The summed E-state index contributed by atoms with van der Waals surface area (Å²) in [6.45, 7) is -0.0506. The first-order chi connectivity index (χ1) is 15.9. The van der Waals surface area contributed by atoms with Crippen LogP contribution in [0, 0.1) is 23.1 Å². The van der Waals surface area contributed by atoms with Gasteiger partial charge in [0.05, 0.1) is 23.4 Å². The van der Waals surface area contributed by atoms with Crippen molar-refractivity contribution in [3.8, 4) is 17.3 Å². The normalized spacial score (nSPS) is 12.5. The second-order valence-electron chi connectivity index (χ2n) is 7.66. The topological polar surface area (TPSA) is 132 Å². The number of carbonyl (C=O) groups excluding carboxylic acids is 1. The molecule has 1 aromatic heterocycles. The van der Waals surface area contributed by atoms with Gasteiger partial charge in [0.25, 0.3) is 0 Å². The van der Waals surface area contributed by atoms with E-state index in [0.29, 0.717) is 41.2 Å². The van der Waals surface area contributed by atoms with Crippen LogP contribution in [-0.2, 0) is 11.2 Å².